The van der Waals surface area contributed by atoms with Gasteiger partial charge in [0, 0.05) is 10.7 Å². The average Bonchev–Trinajstić information content (AvgIpc) is 3.36. The van der Waals surface area contributed by atoms with E-state index in [1.807, 2.05) is 13.0 Å². The van der Waals surface area contributed by atoms with E-state index in [-0.39, 0.29) is 22.7 Å². The molecule has 2 N–H and O–H groups in total. The number of halogens is 1. The van der Waals surface area contributed by atoms with Crippen LogP contribution >= 0.6 is 11.6 Å². The van der Waals surface area contributed by atoms with Gasteiger partial charge in [-0.3, -0.25) is 14.5 Å². The molecule has 0 aliphatic heterocycles. The van der Waals surface area contributed by atoms with Crippen LogP contribution in [0.15, 0.2) is 89.5 Å². The van der Waals surface area contributed by atoms with Gasteiger partial charge in [-0.15, -0.1) is 0 Å². The first kappa shape index (κ1) is 23.9. The van der Waals surface area contributed by atoms with E-state index in [1.165, 1.54) is 4.31 Å². The summed E-state index contributed by atoms with van der Waals surface area (Å²) in [4.78, 5) is 13.2. The molecule has 8 heteroatoms. The van der Waals surface area contributed by atoms with Crippen molar-refractivity contribution in [1.82, 2.24) is 10.9 Å². The second-order valence-electron chi connectivity index (χ2n) is 8.17. The summed E-state index contributed by atoms with van der Waals surface area (Å²) in [6.45, 7) is 1.94. The highest BCUT2D eigenvalue weighted by Crippen LogP contribution is 2.30. The highest BCUT2D eigenvalue weighted by Gasteiger charge is 2.28. The largest absolute Gasteiger partial charge is 0.303 e. The quantitative estimate of drug-likeness (QED) is 0.413. The zero-order valence-corrected chi connectivity index (χ0v) is 20.4. The predicted octanol–water partition coefficient (Wildman–Crippen LogP) is 5.35. The molecule has 0 heterocycles. The Kier molecular flexibility index (Phi) is 7.24. The van der Waals surface area contributed by atoms with Crippen LogP contribution in [0.2, 0.25) is 5.02 Å². The van der Waals surface area contributed by atoms with E-state index in [2.05, 4.69) is 10.9 Å². The van der Waals surface area contributed by atoms with Crippen molar-refractivity contribution in [3.05, 3.63) is 106 Å². The highest BCUT2D eigenvalue weighted by molar-refractivity contribution is 7.92. The van der Waals surface area contributed by atoms with E-state index < -0.39 is 15.9 Å². The van der Waals surface area contributed by atoms with E-state index in [0.29, 0.717) is 5.02 Å². The van der Waals surface area contributed by atoms with Crippen LogP contribution < -0.4 is 15.2 Å². The van der Waals surface area contributed by atoms with E-state index in [9.17, 15) is 13.2 Å². The Balaban J connectivity index is 1.73. The first-order chi connectivity index (χ1) is 16.3. The first-order valence-electron chi connectivity index (χ1n) is 11.0. The van der Waals surface area contributed by atoms with Gasteiger partial charge in [0.15, 0.2) is 0 Å². The van der Waals surface area contributed by atoms with Crippen molar-refractivity contribution in [1.29, 1.82) is 0 Å². The number of hydrogen-bond acceptors (Lipinski definition) is 4. The number of nitrogens with zero attached hydrogens (tertiary/aromatic N) is 1. The molecule has 3 aromatic rings. The first-order valence-corrected chi connectivity index (χ1v) is 12.8. The van der Waals surface area contributed by atoms with Crippen LogP contribution in [0.1, 0.15) is 40.7 Å². The van der Waals surface area contributed by atoms with Gasteiger partial charge in [-0.05, 0) is 68.1 Å². The summed E-state index contributed by atoms with van der Waals surface area (Å²) in [7, 11) is -3.98. The molecule has 0 bridgehead atoms. The van der Waals surface area contributed by atoms with Gasteiger partial charge in [-0.1, -0.05) is 59.6 Å². The smallest absolute Gasteiger partial charge is 0.271 e. The van der Waals surface area contributed by atoms with Crippen molar-refractivity contribution >= 4 is 33.2 Å². The fourth-order valence-electron chi connectivity index (χ4n) is 3.76. The molecule has 3 aromatic carbocycles. The molecule has 0 fully saturated rings. The fourth-order valence-corrected chi connectivity index (χ4v) is 5.36. The third-order valence-corrected chi connectivity index (χ3v) is 7.67. The Morgan fingerprint density at radius 3 is 2.38 bits per heavy atom. The summed E-state index contributed by atoms with van der Waals surface area (Å²) < 4.78 is 28.9. The lowest BCUT2D eigenvalue weighted by Crippen LogP contribution is -2.38. The monoisotopic (exact) mass is 495 g/mol. The summed E-state index contributed by atoms with van der Waals surface area (Å²) in [6.07, 6.45) is 4.92. The normalized spacial score (nSPS) is 13.3. The van der Waals surface area contributed by atoms with Crippen LogP contribution in [0, 0.1) is 6.92 Å². The minimum Gasteiger partial charge on any atom is -0.303 e. The number of carbonyl (C=O) groups is 1. The fraction of sp³-hybridized carbons (Fsp3) is 0.192. The zero-order chi connectivity index (χ0) is 24.1. The third-order valence-electron chi connectivity index (χ3n) is 5.64. The number of para-hydroxylation sites is 1. The third kappa shape index (κ3) is 5.43. The van der Waals surface area contributed by atoms with E-state index in [1.54, 1.807) is 72.8 Å². The molecule has 0 radical (unpaired) electrons. The zero-order valence-electron chi connectivity index (χ0n) is 18.8. The van der Waals surface area contributed by atoms with Gasteiger partial charge in [-0.2, -0.15) is 0 Å². The summed E-state index contributed by atoms with van der Waals surface area (Å²) in [5.74, 6) is -0.413. The number of rotatable bonds is 8. The molecule has 6 nitrogen and oxygen atoms in total. The van der Waals surface area contributed by atoms with E-state index in [4.69, 9.17) is 11.6 Å². The van der Waals surface area contributed by atoms with Crippen molar-refractivity contribution in [3.8, 4) is 0 Å². The van der Waals surface area contributed by atoms with Crippen molar-refractivity contribution in [2.75, 3.05) is 4.31 Å². The molecule has 176 valence electrons. The lowest BCUT2D eigenvalue weighted by atomic mass is 10.1. The molecule has 0 atom stereocenters. The minimum atomic E-state index is -3.98. The van der Waals surface area contributed by atoms with Gasteiger partial charge >= 0.3 is 0 Å². The van der Waals surface area contributed by atoms with E-state index in [0.717, 1.165) is 36.1 Å². The minimum absolute atomic E-state index is 0.0379. The van der Waals surface area contributed by atoms with Gasteiger partial charge in [0.1, 0.15) is 0 Å². The number of benzene rings is 3. The number of amides is 1. The van der Waals surface area contributed by atoms with Gasteiger partial charge in [0.25, 0.3) is 15.9 Å². The van der Waals surface area contributed by atoms with Gasteiger partial charge in [0.2, 0.25) is 0 Å². The van der Waals surface area contributed by atoms with E-state index >= 15 is 0 Å². The number of hydrazine groups is 1. The number of aryl methyl sites for hydroxylation is 1. The maximum atomic E-state index is 13.8. The second-order valence-corrected chi connectivity index (χ2v) is 10.5. The molecule has 1 amide bonds. The van der Waals surface area contributed by atoms with Crippen LogP contribution in [0.25, 0.3) is 0 Å². The highest BCUT2D eigenvalue weighted by atomic mass is 35.5. The number of anilines is 1. The molecule has 4 rings (SSSR count). The molecule has 0 spiro atoms. The number of nitrogens with one attached hydrogen (secondary N) is 2. The van der Waals surface area contributed by atoms with Crippen LogP contribution in [0.4, 0.5) is 5.69 Å². The standard InChI is InChI=1S/C26H26ClN3O3S/c1-19-10-16-23(17-11-19)34(32,33)30(18-20-12-14-21(27)15-13-20)25-9-5-4-8-24(25)26(31)29-28-22-6-2-3-7-22/h4-6,8-17,28H,2-3,7,18H2,1H3,(H,29,31). The number of hydrogen-bond donors (Lipinski definition) is 2. The molecule has 34 heavy (non-hydrogen) atoms. The van der Waals surface area contributed by atoms with Crippen LogP contribution in [-0.2, 0) is 16.6 Å². The van der Waals surface area contributed by atoms with Crippen LogP contribution in [-0.4, -0.2) is 14.3 Å². The van der Waals surface area contributed by atoms with Gasteiger partial charge in [0.05, 0.1) is 22.7 Å². The summed E-state index contributed by atoms with van der Waals surface area (Å²) in [6, 6.07) is 20.3. The molecule has 1 aliphatic rings. The lowest BCUT2D eigenvalue weighted by Gasteiger charge is -2.27. The summed E-state index contributed by atoms with van der Waals surface area (Å²) >= 11 is 6.02. The van der Waals surface area contributed by atoms with Crippen molar-refractivity contribution in [3.63, 3.8) is 0 Å². The molecular weight excluding hydrogens is 470 g/mol. The number of allylic oxidation sites excluding steroid dienone is 2. The van der Waals surface area contributed by atoms with Crippen molar-refractivity contribution in [2.45, 2.75) is 37.6 Å². The molecular formula is C26H26ClN3O3S. The molecule has 0 saturated heterocycles. The average molecular weight is 496 g/mol. The Hall–Kier alpha value is -3.29. The van der Waals surface area contributed by atoms with Crippen LogP contribution in [0.3, 0.4) is 0 Å². The molecule has 0 aromatic heterocycles. The van der Waals surface area contributed by atoms with Crippen molar-refractivity contribution < 1.29 is 13.2 Å². The van der Waals surface area contributed by atoms with Crippen LogP contribution in [0.5, 0.6) is 0 Å². The second kappa shape index (κ2) is 10.3. The van der Waals surface area contributed by atoms with Gasteiger partial charge in [-0.25, -0.2) is 8.42 Å². The Morgan fingerprint density at radius 1 is 1.00 bits per heavy atom. The maximum absolute atomic E-state index is 13.8. The summed E-state index contributed by atoms with van der Waals surface area (Å²) in [5, 5.41) is 0.559. The number of carbonyl (C=O) groups excluding carboxylic acids is 1. The Bertz CT molecular complexity index is 1300. The Morgan fingerprint density at radius 2 is 1.71 bits per heavy atom. The Labute approximate surface area is 205 Å². The summed E-state index contributed by atoms with van der Waals surface area (Å²) in [5.41, 5.74) is 8.85. The molecule has 1 aliphatic carbocycles. The number of sulfonamides is 1. The molecule has 0 unspecified atom stereocenters. The SMILES string of the molecule is Cc1ccc(S(=O)(=O)N(Cc2ccc(Cl)cc2)c2ccccc2C(=O)NNC2=CCCC2)cc1. The molecule has 0 saturated carbocycles. The van der Waals surface area contributed by atoms with Gasteiger partial charge < -0.3 is 5.43 Å². The van der Waals surface area contributed by atoms with Crippen molar-refractivity contribution in [2.24, 2.45) is 0 Å². The predicted molar refractivity (Wildman–Crippen MR) is 135 cm³/mol. The lowest BCUT2D eigenvalue weighted by molar-refractivity contribution is 0.0939. The topological polar surface area (TPSA) is 78.5 Å². The maximum Gasteiger partial charge on any atom is 0.271 e.